The zero-order valence-corrected chi connectivity index (χ0v) is 17.9. The average molecular weight is 438 g/mol. The third-order valence-corrected chi connectivity index (χ3v) is 5.52. The number of halogens is 1. The van der Waals surface area contributed by atoms with Crippen LogP contribution in [-0.2, 0) is 14.8 Å². The third-order valence-electron chi connectivity index (χ3n) is 4.07. The van der Waals surface area contributed by atoms with Crippen molar-refractivity contribution in [3.8, 4) is 0 Å². The lowest BCUT2D eigenvalue weighted by atomic mass is 10.1. The highest BCUT2D eigenvalue weighted by molar-refractivity contribution is 7.92. The highest BCUT2D eigenvalue weighted by atomic mass is 35.5. The fourth-order valence-electron chi connectivity index (χ4n) is 2.62. The van der Waals surface area contributed by atoms with Crippen molar-refractivity contribution >= 4 is 44.8 Å². The van der Waals surface area contributed by atoms with Gasteiger partial charge >= 0.3 is 0 Å². The standard InChI is InChI=1S/C20H24ClN3O4S/c1-3-4-13-22-20(26)15-9-5-7-11-17(15)23-19(25)14-24(29(2,27)28)18-12-8-6-10-16(18)21/h5-12H,3-4,13-14H2,1-2H3,(H,22,26)(H,23,25). The zero-order chi connectivity index (χ0) is 21.4. The third kappa shape index (κ3) is 6.47. The summed E-state index contributed by atoms with van der Waals surface area (Å²) in [4.78, 5) is 25.0. The molecule has 0 aliphatic carbocycles. The number of nitrogens with one attached hydrogen (secondary N) is 2. The smallest absolute Gasteiger partial charge is 0.253 e. The first-order valence-electron chi connectivity index (χ1n) is 9.13. The second-order valence-electron chi connectivity index (χ2n) is 6.42. The molecule has 7 nitrogen and oxygen atoms in total. The van der Waals surface area contributed by atoms with Gasteiger partial charge < -0.3 is 10.6 Å². The van der Waals surface area contributed by atoms with Crippen LogP contribution in [0.15, 0.2) is 48.5 Å². The number of amides is 2. The lowest BCUT2D eigenvalue weighted by Gasteiger charge is -2.23. The van der Waals surface area contributed by atoms with E-state index in [1.54, 1.807) is 42.5 Å². The Bertz CT molecular complexity index is 979. The number of sulfonamides is 1. The number of unbranched alkanes of at least 4 members (excludes halogenated alkanes) is 1. The van der Waals surface area contributed by atoms with Crippen LogP contribution in [0.2, 0.25) is 5.02 Å². The molecule has 0 heterocycles. The van der Waals surface area contributed by atoms with Crippen LogP contribution in [0.3, 0.4) is 0 Å². The lowest BCUT2D eigenvalue weighted by molar-refractivity contribution is -0.114. The van der Waals surface area contributed by atoms with Crippen molar-refractivity contribution in [3.05, 3.63) is 59.1 Å². The maximum atomic E-state index is 12.6. The van der Waals surface area contributed by atoms with Gasteiger partial charge in [0.1, 0.15) is 6.54 Å². The zero-order valence-electron chi connectivity index (χ0n) is 16.3. The van der Waals surface area contributed by atoms with Crippen LogP contribution in [-0.4, -0.2) is 39.6 Å². The first-order chi connectivity index (χ1) is 13.7. The van der Waals surface area contributed by atoms with Crippen molar-refractivity contribution in [2.45, 2.75) is 19.8 Å². The Balaban J connectivity index is 2.19. The van der Waals surface area contributed by atoms with E-state index in [9.17, 15) is 18.0 Å². The van der Waals surface area contributed by atoms with Gasteiger partial charge in [0, 0.05) is 6.54 Å². The van der Waals surface area contributed by atoms with Gasteiger partial charge in [-0.25, -0.2) is 8.42 Å². The Labute approximate surface area is 176 Å². The molecule has 0 saturated heterocycles. The quantitative estimate of drug-likeness (QED) is 0.588. The van der Waals surface area contributed by atoms with Gasteiger partial charge in [0.15, 0.2) is 0 Å². The molecule has 9 heteroatoms. The van der Waals surface area contributed by atoms with Crippen LogP contribution in [0.4, 0.5) is 11.4 Å². The van der Waals surface area contributed by atoms with Crippen LogP contribution >= 0.6 is 11.6 Å². The highest BCUT2D eigenvalue weighted by Crippen LogP contribution is 2.27. The highest BCUT2D eigenvalue weighted by Gasteiger charge is 2.23. The molecule has 0 spiro atoms. The van der Waals surface area contributed by atoms with Gasteiger partial charge in [-0.1, -0.05) is 49.2 Å². The molecule has 0 aliphatic heterocycles. The summed E-state index contributed by atoms with van der Waals surface area (Å²) in [7, 11) is -3.76. The molecule has 2 rings (SSSR count). The largest absolute Gasteiger partial charge is 0.352 e. The fourth-order valence-corrected chi connectivity index (χ4v) is 3.78. The molecule has 0 aromatic heterocycles. The van der Waals surface area contributed by atoms with Crippen molar-refractivity contribution in [1.29, 1.82) is 0 Å². The Morgan fingerprint density at radius 2 is 1.72 bits per heavy atom. The van der Waals surface area contributed by atoms with E-state index in [2.05, 4.69) is 10.6 Å². The fraction of sp³-hybridized carbons (Fsp3) is 0.300. The monoisotopic (exact) mass is 437 g/mol. The number of hydrogen-bond donors (Lipinski definition) is 2. The molecule has 0 bridgehead atoms. The maximum absolute atomic E-state index is 12.6. The van der Waals surface area contributed by atoms with Gasteiger partial charge in [0.25, 0.3) is 5.91 Å². The summed E-state index contributed by atoms with van der Waals surface area (Å²) in [5.74, 6) is -0.899. The summed E-state index contributed by atoms with van der Waals surface area (Å²) >= 11 is 6.11. The summed E-state index contributed by atoms with van der Waals surface area (Å²) in [6.07, 6.45) is 2.79. The normalized spacial score (nSPS) is 11.0. The topological polar surface area (TPSA) is 95.6 Å². The molecule has 29 heavy (non-hydrogen) atoms. The van der Waals surface area contributed by atoms with Gasteiger partial charge in [-0.3, -0.25) is 13.9 Å². The van der Waals surface area contributed by atoms with Gasteiger partial charge in [-0.15, -0.1) is 0 Å². The number of hydrogen-bond acceptors (Lipinski definition) is 4. The molecule has 2 amide bonds. The Morgan fingerprint density at radius 1 is 1.07 bits per heavy atom. The van der Waals surface area contributed by atoms with Crippen LogP contribution in [0.25, 0.3) is 0 Å². The number of rotatable bonds is 9. The Hall–Kier alpha value is -2.58. The van der Waals surface area contributed by atoms with Crippen LogP contribution in [0.1, 0.15) is 30.1 Å². The number of carbonyl (C=O) groups excluding carboxylic acids is 2. The lowest BCUT2D eigenvalue weighted by Crippen LogP contribution is -2.38. The number of nitrogens with zero attached hydrogens (tertiary/aromatic N) is 1. The van der Waals surface area contributed by atoms with Crippen molar-refractivity contribution in [1.82, 2.24) is 5.32 Å². The molecule has 2 aromatic carbocycles. The van der Waals surface area contributed by atoms with Gasteiger partial charge in [-0.2, -0.15) is 0 Å². The SMILES string of the molecule is CCCCNC(=O)c1ccccc1NC(=O)CN(c1ccccc1Cl)S(C)(=O)=O. The van der Waals surface area contributed by atoms with E-state index in [-0.39, 0.29) is 16.6 Å². The number of carbonyl (C=O) groups is 2. The van der Waals surface area contributed by atoms with E-state index in [0.717, 1.165) is 23.4 Å². The first kappa shape index (κ1) is 22.7. The second-order valence-corrected chi connectivity index (χ2v) is 8.74. The van der Waals surface area contributed by atoms with E-state index < -0.39 is 22.5 Å². The predicted molar refractivity (Wildman–Crippen MR) is 116 cm³/mol. The summed E-state index contributed by atoms with van der Waals surface area (Å²) in [5.41, 5.74) is 0.817. The van der Waals surface area contributed by atoms with Crippen LogP contribution < -0.4 is 14.9 Å². The Morgan fingerprint density at radius 3 is 2.38 bits per heavy atom. The summed E-state index contributed by atoms with van der Waals surface area (Å²) in [5, 5.41) is 5.63. The average Bonchev–Trinajstić information content (AvgIpc) is 2.66. The van der Waals surface area contributed by atoms with Crippen molar-refractivity contribution < 1.29 is 18.0 Å². The molecule has 0 radical (unpaired) electrons. The molecule has 0 saturated carbocycles. The van der Waals surface area contributed by atoms with Gasteiger partial charge in [0.05, 0.1) is 28.2 Å². The summed E-state index contributed by atoms with van der Waals surface area (Å²) < 4.78 is 25.4. The molecular weight excluding hydrogens is 414 g/mol. The van der Waals surface area contributed by atoms with Crippen LogP contribution in [0, 0.1) is 0 Å². The van der Waals surface area contributed by atoms with Gasteiger partial charge in [0.2, 0.25) is 15.9 Å². The molecule has 0 unspecified atom stereocenters. The van der Waals surface area contributed by atoms with Crippen molar-refractivity contribution in [3.63, 3.8) is 0 Å². The van der Waals surface area contributed by atoms with Gasteiger partial charge in [-0.05, 0) is 30.7 Å². The summed E-state index contributed by atoms with van der Waals surface area (Å²) in [6.45, 7) is 2.08. The predicted octanol–water partition coefficient (Wildman–Crippen LogP) is 3.27. The van der Waals surface area contributed by atoms with Crippen molar-refractivity contribution in [2.24, 2.45) is 0 Å². The molecule has 2 aromatic rings. The second kappa shape index (κ2) is 10.3. The first-order valence-corrected chi connectivity index (χ1v) is 11.4. The molecule has 0 aliphatic rings. The maximum Gasteiger partial charge on any atom is 0.253 e. The molecule has 0 atom stereocenters. The van der Waals surface area contributed by atoms with E-state index in [0.29, 0.717) is 17.8 Å². The van der Waals surface area contributed by atoms with Crippen LogP contribution in [0.5, 0.6) is 0 Å². The molecular formula is C20H24ClN3O4S. The van der Waals surface area contributed by atoms with E-state index in [4.69, 9.17) is 11.6 Å². The number of benzene rings is 2. The minimum atomic E-state index is -3.76. The summed E-state index contributed by atoms with van der Waals surface area (Å²) in [6, 6.07) is 12.9. The van der Waals surface area contributed by atoms with Crippen molar-refractivity contribution in [2.75, 3.05) is 29.0 Å². The molecule has 0 fully saturated rings. The molecule has 2 N–H and O–H groups in total. The van der Waals surface area contributed by atoms with E-state index >= 15 is 0 Å². The van der Waals surface area contributed by atoms with E-state index in [1.807, 2.05) is 6.92 Å². The number of para-hydroxylation sites is 2. The minimum absolute atomic E-state index is 0.206. The van der Waals surface area contributed by atoms with E-state index in [1.165, 1.54) is 6.07 Å². The Kier molecular flexibility index (Phi) is 8.04. The molecule has 156 valence electrons. The number of anilines is 2. The minimum Gasteiger partial charge on any atom is -0.352 e.